The lowest BCUT2D eigenvalue weighted by Gasteiger charge is -2.21. The molecule has 44 heavy (non-hydrogen) atoms. The summed E-state index contributed by atoms with van der Waals surface area (Å²) in [5.41, 5.74) is 0.573. The van der Waals surface area contributed by atoms with Gasteiger partial charge in [-0.1, -0.05) is 68.4 Å². The fourth-order valence-electron chi connectivity index (χ4n) is 4.91. The zero-order valence-corrected chi connectivity index (χ0v) is 24.8. The van der Waals surface area contributed by atoms with Crippen molar-refractivity contribution in [2.24, 2.45) is 5.92 Å². The fourth-order valence-corrected chi connectivity index (χ4v) is 5.98. The molecule has 0 saturated carbocycles. The molecule has 0 saturated heterocycles. The van der Waals surface area contributed by atoms with Gasteiger partial charge in [0.25, 0.3) is 10.0 Å². The number of anilines is 1. The quantitative estimate of drug-likeness (QED) is 0.120. The van der Waals surface area contributed by atoms with Crippen LogP contribution in [0.1, 0.15) is 13.8 Å². The van der Waals surface area contributed by atoms with Gasteiger partial charge in [0.2, 0.25) is 6.10 Å². The first-order chi connectivity index (χ1) is 21.0. The highest BCUT2D eigenvalue weighted by molar-refractivity contribution is 7.92. The van der Waals surface area contributed by atoms with Crippen molar-refractivity contribution < 1.29 is 42.4 Å². The van der Waals surface area contributed by atoms with Crippen molar-refractivity contribution in [1.29, 1.82) is 0 Å². The number of fused-ring (bicyclic) bond motifs is 2. The number of sulfonamides is 1. The SMILES string of the molecule is COc1ccc(S(=O)(=O)Nc2cc(-c3c(O)ccc4ccccc34)c(OC(=O)O[C@H](C(=O)O)C(C)C)c3ccccc23)cc1. The second-order valence-electron chi connectivity index (χ2n) is 10.3. The van der Waals surface area contributed by atoms with Crippen LogP contribution >= 0.6 is 0 Å². The number of aromatic hydroxyl groups is 1. The van der Waals surface area contributed by atoms with Crippen LogP contribution in [0.5, 0.6) is 17.2 Å². The first kappa shape index (κ1) is 30.2. The predicted octanol–water partition coefficient (Wildman–Crippen LogP) is 6.80. The third-order valence-electron chi connectivity index (χ3n) is 7.04. The Kier molecular flexibility index (Phi) is 8.32. The minimum atomic E-state index is -4.12. The van der Waals surface area contributed by atoms with E-state index in [4.69, 9.17) is 14.2 Å². The molecule has 5 aromatic carbocycles. The van der Waals surface area contributed by atoms with Gasteiger partial charge in [0.1, 0.15) is 11.5 Å². The van der Waals surface area contributed by atoms with E-state index in [1.807, 2.05) is 12.1 Å². The molecule has 0 unspecified atom stereocenters. The van der Waals surface area contributed by atoms with Crippen LogP contribution in [0.4, 0.5) is 10.5 Å². The number of methoxy groups -OCH3 is 1. The van der Waals surface area contributed by atoms with Crippen LogP contribution in [0, 0.1) is 5.92 Å². The molecule has 0 amide bonds. The summed E-state index contributed by atoms with van der Waals surface area (Å²) >= 11 is 0. The molecule has 10 nitrogen and oxygen atoms in total. The molecule has 5 rings (SSSR count). The minimum Gasteiger partial charge on any atom is -0.507 e. The number of carbonyl (C=O) groups is 2. The maximum absolute atomic E-state index is 13.5. The fraction of sp³-hybridized carbons (Fsp3) is 0.152. The average molecular weight is 616 g/mol. The predicted molar refractivity (Wildman–Crippen MR) is 166 cm³/mol. The Bertz CT molecular complexity index is 1990. The molecule has 11 heteroatoms. The lowest BCUT2D eigenvalue weighted by atomic mass is 9.93. The summed E-state index contributed by atoms with van der Waals surface area (Å²) in [4.78, 5) is 24.8. The van der Waals surface area contributed by atoms with E-state index in [0.717, 1.165) is 5.39 Å². The van der Waals surface area contributed by atoms with Gasteiger partial charge in [-0.25, -0.2) is 18.0 Å². The summed E-state index contributed by atoms with van der Waals surface area (Å²) in [5.74, 6) is -1.62. The van der Waals surface area contributed by atoms with Crippen molar-refractivity contribution in [2.45, 2.75) is 24.8 Å². The van der Waals surface area contributed by atoms with Gasteiger partial charge in [0.05, 0.1) is 17.7 Å². The molecule has 5 aromatic rings. The number of rotatable bonds is 9. The maximum atomic E-state index is 13.5. The minimum absolute atomic E-state index is 0.0192. The van der Waals surface area contributed by atoms with Crippen LogP contribution in [-0.4, -0.2) is 44.0 Å². The maximum Gasteiger partial charge on any atom is 0.514 e. The van der Waals surface area contributed by atoms with Crippen LogP contribution in [0.3, 0.4) is 0 Å². The van der Waals surface area contributed by atoms with Crippen LogP contribution in [-0.2, 0) is 19.6 Å². The molecular formula is C33H29NO9S. The van der Waals surface area contributed by atoms with Gasteiger partial charge in [-0.2, -0.15) is 0 Å². The Balaban J connectivity index is 1.73. The second-order valence-corrected chi connectivity index (χ2v) is 12.0. The number of carboxylic acid groups (broad SMARTS) is 1. The number of hydrogen-bond donors (Lipinski definition) is 3. The number of hydrogen-bond acceptors (Lipinski definition) is 8. The summed E-state index contributed by atoms with van der Waals surface area (Å²) < 4.78 is 45.7. The van der Waals surface area contributed by atoms with Crippen LogP contribution in [0.2, 0.25) is 0 Å². The number of carboxylic acids is 1. The summed E-state index contributed by atoms with van der Waals surface area (Å²) in [7, 11) is -2.64. The van der Waals surface area contributed by atoms with Crippen molar-refractivity contribution in [2.75, 3.05) is 11.8 Å². The van der Waals surface area contributed by atoms with Crippen LogP contribution in [0.25, 0.3) is 32.7 Å². The van der Waals surface area contributed by atoms with Gasteiger partial charge in [0, 0.05) is 27.8 Å². The molecule has 0 heterocycles. The normalized spacial score (nSPS) is 12.2. The number of nitrogens with one attached hydrogen (secondary N) is 1. The van der Waals surface area contributed by atoms with E-state index in [1.54, 1.807) is 56.3 Å². The molecule has 226 valence electrons. The van der Waals surface area contributed by atoms with Gasteiger partial charge in [0.15, 0.2) is 5.75 Å². The van der Waals surface area contributed by atoms with E-state index in [2.05, 4.69) is 4.72 Å². The van der Waals surface area contributed by atoms with Gasteiger partial charge in [-0.05, 0) is 47.2 Å². The molecule has 0 aliphatic carbocycles. The number of carbonyl (C=O) groups excluding carboxylic acids is 1. The Morgan fingerprint density at radius 1 is 0.841 bits per heavy atom. The zero-order valence-electron chi connectivity index (χ0n) is 24.0. The standard InChI is InChI=1S/C33H29NO9S/c1-19(2)30(32(36)37)42-33(38)43-31-25-11-7-6-10-24(25)27(34-44(39,40)22-15-13-21(41-3)14-16-22)18-26(31)29-23-9-5-4-8-20(23)12-17-28(29)35/h4-19,30,34-35H,1-3H3,(H,36,37)/t30-/m0/s1. The van der Waals surface area contributed by atoms with E-state index in [-0.39, 0.29) is 33.2 Å². The monoisotopic (exact) mass is 615 g/mol. The van der Waals surface area contributed by atoms with Crippen LogP contribution < -0.4 is 14.2 Å². The summed E-state index contributed by atoms with van der Waals surface area (Å²) in [6, 6.07) is 24.3. The van der Waals surface area contributed by atoms with E-state index in [0.29, 0.717) is 21.9 Å². The third-order valence-corrected chi connectivity index (χ3v) is 8.42. The van der Waals surface area contributed by atoms with E-state index < -0.39 is 34.2 Å². The van der Waals surface area contributed by atoms with E-state index in [1.165, 1.54) is 43.5 Å². The molecular weight excluding hydrogens is 586 g/mol. The number of phenolic OH excluding ortho intramolecular Hbond substituents is 1. The molecule has 0 fully saturated rings. The van der Waals surface area contributed by atoms with Crippen molar-refractivity contribution in [3.05, 3.63) is 91.0 Å². The van der Waals surface area contributed by atoms with Gasteiger partial charge >= 0.3 is 12.1 Å². The lowest BCUT2D eigenvalue weighted by molar-refractivity contribution is -0.150. The smallest absolute Gasteiger partial charge is 0.507 e. The Labute approximate surface area is 253 Å². The molecule has 1 atom stereocenters. The molecule has 0 aliphatic rings. The molecule has 0 aromatic heterocycles. The van der Waals surface area contributed by atoms with Gasteiger partial charge in [-0.15, -0.1) is 0 Å². The van der Waals surface area contributed by atoms with Gasteiger partial charge in [-0.3, -0.25) is 4.72 Å². The molecule has 0 radical (unpaired) electrons. The number of benzene rings is 5. The van der Waals surface area contributed by atoms with Gasteiger partial charge < -0.3 is 24.4 Å². The zero-order chi connectivity index (χ0) is 31.6. The Hall–Kier alpha value is -5.29. The highest BCUT2D eigenvalue weighted by Crippen LogP contribution is 2.47. The summed E-state index contributed by atoms with van der Waals surface area (Å²) in [6.45, 7) is 3.18. The highest BCUT2D eigenvalue weighted by atomic mass is 32.2. The number of phenols is 1. The van der Waals surface area contributed by atoms with Crippen molar-refractivity contribution >= 4 is 49.4 Å². The lowest BCUT2D eigenvalue weighted by Crippen LogP contribution is -2.33. The van der Waals surface area contributed by atoms with Crippen molar-refractivity contribution in [1.82, 2.24) is 0 Å². The molecule has 0 aliphatic heterocycles. The average Bonchev–Trinajstić information content (AvgIpc) is 3.00. The van der Waals surface area contributed by atoms with Crippen molar-refractivity contribution in [3.63, 3.8) is 0 Å². The first-order valence-electron chi connectivity index (χ1n) is 13.5. The van der Waals surface area contributed by atoms with Crippen molar-refractivity contribution in [3.8, 4) is 28.4 Å². The largest absolute Gasteiger partial charge is 0.514 e. The van der Waals surface area contributed by atoms with E-state index >= 15 is 0 Å². The molecule has 0 bridgehead atoms. The summed E-state index contributed by atoms with van der Waals surface area (Å²) in [6.07, 6.45) is -2.75. The number of aliphatic carboxylic acids is 1. The third kappa shape index (κ3) is 5.95. The Morgan fingerprint density at radius 3 is 2.11 bits per heavy atom. The highest BCUT2D eigenvalue weighted by Gasteiger charge is 2.29. The second kappa shape index (κ2) is 12.1. The topological polar surface area (TPSA) is 148 Å². The van der Waals surface area contributed by atoms with E-state index in [9.17, 15) is 28.2 Å². The Morgan fingerprint density at radius 2 is 1.48 bits per heavy atom. The van der Waals surface area contributed by atoms with Crippen LogP contribution in [0.15, 0.2) is 95.9 Å². The molecule has 3 N–H and O–H groups in total. The molecule has 0 spiro atoms. The summed E-state index contributed by atoms with van der Waals surface area (Å²) in [5, 5.41) is 22.7. The number of ether oxygens (including phenoxy) is 3. The first-order valence-corrected chi connectivity index (χ1v) is 15.0.